The van der Waals surface area contributed by atoms with Gasteiger partial charge in [-0.15, -0.1) is 0 Å². The maximum absolute atomic E-state index is 11.8. The topological polar surface area (TPSA) is 94.3 Å². The molecule has 0 fully saturated rings. The molecule has 1 aromatic carbocycles. The number of rotatable bonds is 8. The molecule has 0 aliphatic rings. The van der Waals surface area contributed by atoms with Crippen LogP contribution in [0.1, 0.15) is 23.4 Å². The zero-order valence-electron chi connectivity index (χ0n) is 14.8. The van der Waals surface area contributed by atoms with E-state index in [1.807, 2.05) is 48.0 Å². The van der Waals surface area contributed by atoms with E-state index in [2.05, 4.69) is 15.5 Å². The standard InChI is InChI=1S/C19H19N3O4S/c1-13-4-2-3-5-14(13)10-20-16(23)11-25-18(24)7-6-17-21-19(22-26-17)15-8-9-27-12-15/h2-5,8-9,12H,6-7,10-11H2,1H3,(H,20,23). The zero-order chi connectivity index (χ0) is 19.1. The molecule has 1 amide bonds. The Bertz CT molecular complexity index is 905. The van der Waals surface area contributed by atoms with Crippen LogP contribution in [0.4, 0.5) is 0 Å². The molecular formula is C19H19N3O4S. The second-order valence-electron chi connectivity index (χ2n) is 5.89. The van der Waals surface area contributed by atoms with Crippen LogP contribution >= 0.6 is 11.3 Å². The number of amides is 1. The second kappa shape index (κ2) is 9.09. The van der Waals surface area contributed by atoms with Gasteiger partial charge < -0.3 is 14.6 Å². The summed E-state index contributed by atoms with van der Waals surface area (Å²) in [6.45, 7) is 2.06. The summed E-state index contributed by atoms with van der Waals surface area (Å²) >= 11 is 1.54. The molecule has 0 unspecified atom stereocenters. The van der Waals surface area contributed by atoms with E-state index in [9.17, 15) is 9.59 Å². The molecule has 0 saturated heterocycles. The molecule has 1 N–H and O–H groups in total. The fraction of sp³-hybridized carbons (Fsp3) is 0.263. The summed E-state index contributed by atoms with van der Waals surface area (Å²) in [7, 11) is 0. The van der Waals surface area contributed by atoms with Gasteiger partial charge in [-0.3, -0.25) is 9.59 Å². The molecule has 0 radical (unpaired) electrons. The van der Waals surface area contributed by atoms with Crippen LogP contribution in [0.5, 0.6) is 0 Å². The third-order valence-corrected chi connectivity index (χ3v) is 4.58. The minimum Gasteiger partial charge on any atom is -0.456 e. The Morgan fingerprint density at radius 2 is 2.11 bits per heavy atom. The molecule has 0 atom stereocenters. The van der Waals surface area contributed by atoms with Crippen molar-refractivity contribution in [1.29, 1.82) is 0 Å². The molecule has 2 aromatic heterocycles. The van der Waals surface area contributed by atoms with Crippen molar-refractivity contribution >= 4 is 23.2 Å². The van der Waals surface area contributed by atoms with Gasteiger partial charge in [0.05, 0.1) is 6.42 Å². The van der Waals surface area contributed by atoms with E-state index in [0.717, 1.165) is 16.7 Å². The van der Waals surface area contributed by atoms with Crippen LogP contribution < -0.4 is 5.32 Å². The highest BCUT2D eigenvalue weighted by atomic mass is 32.1. The first kappa shape index (κ1) is 18.8. The van der Waals surface area contributed by atoms with Crippen LogP contribution in [-0.4, -0.2) is 28.6 Å². The van der Waals surface area contributed by atoms with E-state index in [-0.39, 0.29) is 25.4 Å². The molecule has 7 nitrogen and oxygen atoms in total. The predicted octanol–water partition coefficient (Wildman–Crippen LogP) is 2.90. The van der Waals surface area contributed by atoms with Crippen LogP contribution in [0, 0.1) is 6.92 Å². The Labute approximate surface area is 160 Å². The molecular weight excluding hydrogens is 366 g/mol. The average Bonchev–Trinajstić information content (AvgIpc) is 3.35. The van der Waals surface area contributed by atoms with Crippen molar-refractivity contribution in [2.75, 3.05) is 6.61 Å². The number of nitrogens with one attached hydrogen (secondary N) is 1. The average molecular weight is 385 g/mol. The number of esters is 1. The monoisotopic (exact) mass is 385 g/mol. The highest BCUT2D eigenvalue weighted by molar-refractivity contribution is 7.08. The number of aromatic nitrogens is 2. The third kappa shape index (κ3) is 5.49. The first-order chi connectivity index (χ1) is 13.1. The summed E-state index contributed by atoms with van der Waals surface area (Å²) in [6, 6.07) is 9.66. The second-order valence-corrected chi connectivity index (χ2v) is 6.67. The fourth-order valence-electron chi connectivity index (χ4n) is 2.35. The van der Waals surface area contributed by atoms with Gasteiger partial charge in [0.1, 0.15) is 0 Å². The van der Waals surface area contributed by atoms with Gasteiger partial charge in [0, 0.05) is 23.9 Å². The van der Waals surface area contributed by atoms with Crippen molar-refractivity contribution < 1.29 is 18.8 Å². The number of carbonyl (C=O) groups is 2. The number of carbonyl (C=O) groups excluding carboxylic acids is 2. The highest BCUT2D eigenvalue weighted by Gasteiger charge is 2.13. The molecule has 2 heterocycles. The van der Waals surface area contributed by atoms with E-state index in [0.29, 0.717) is 18.3 Å². The van der Waals surface area contributed by atoms with Crippen LogP contribution in [0.2, 0.25) is 0 Å². The van der Waals surface area contributed by atoms with Crippen molar-refractivity contribution in [3.63, 3.8) is 0 Å². The number of hydrogen-bond donors (Lipinski definition) is 1. The first-order valence-corrected chi connectivity index (χ1v) is 9.38. The summed E-state index contributed by atoms with van der Waals surface area (Å²) < 4.78 is 10.1. The van der Waals surface area contributed by atoms with Gasteiger partial charge in [0.2, 0.25) is 11.7 Å². The van der Waals surface area contributed by atoms with Gasteiger partial charge in [-0.1, -0.05) is 29.4 Å². The molecule has 0 bridgehead atoms. The molecule has 0 aliphatic heterocycles. The van der Waals surface area contributed by atoms with E-state index in [1.54, 1.807) is 11.3 Å². The lowest BCUT2D eigenvalue weighted by atomic mass is 10.1. The van der Waals surface area contributed by atoms with Crippen LogP contribution in [0.15, 0.2) is 45.6 Å². The quantitative estimate of drug-likeness (QED) is 0.599. The molecule has 8 heteroatoms. The zero-order valence-corrected chi connectivity index (χ0v) is 15.6. The molecule has 27 heavy (non-hydrogen) atoms. The van der Waals surface area contributed by atoms with Crippen LogP contribution in [-0.2, 0) is 27.3 Å². The molecule has 0 aliphatic carbocycles. The third-order valence-electron chi connectivity index (χ3n) is 3.89. The predicted molar refractivity (Wildman–Crippen MR) is 99.9 cm³/mol. The smallest absolute Gasteiger partial charge is 0.306 e. The maximum Gasteiger partial charge on any atom is 0.306 e. The summed E-state index contributed by atoms with van der Waals surface area (Å²) in [6.07, 6.45) is 0.330. The number of hydrogen-bond acceptors (Lipinski definition) is 7. The summed E-state index contributed by atoms with van der Waals surface area (Å²) in [4.78, 5) is 27.8. The van der Waals surface area contributed by atoms with Gasteiger partial charge in [-0.05, 0) is 29.5 Å². The lowest BCUT2D eigenvalue weighted by molar-refractivity contribution is -0.148. The van der Waals surface area contributed by atoms with Crippen molar-refractivity contribution in [2.45, 2.75) is 26.3 Å². The highest BCUT2D eigenvalue weighted by Crippen LogP contribution is 2.19. The minimum absolute atomic E-state index is 0.0658. The van der Waals surface area contributed by atoms with Gasteiger partial charge >= 0.3 is 5.97 Å². The van der Waals surface area contributed by atoms with Crippen molar-refractivity contribution in [2.24, 2.45) is 0 Å². The Morgan fingerprint density at radius 3 is 2.89 bits per heavy atom. The number of nitrogens with zero attached hydrogens (tertiary/aromatic N) is 2. The lowest BCUT2D eigenvalue weighted by Crippen LogP contribution is -2.28. The largest absolute Gasteiger partial charge is 0.456 e. The molecule has 0 spiro atoms. The Hall–Kier alpha value is -3.00. The number of ether oxygens (including phenoxy) is 1. The van der Waals surface area contributed by atoms with E-state index < -0.39 is 5.97 Å². The molecule has 3 aromatic rings. The van der Waals surface area contributed by atoms with E-state index in [1.165, 1.54) is 0 Å². The minimum atomic E-state index is -0.490. The van der Waals surface area contributed by atoms with Gasteiger partial charge in [-0.2, -0.15) is 16.3 Å². The normalized spacial score (nSPS) is 10.6. The van der Waals surface area contributed by atoms with Crippen LogP contribution in [0.3, 0.4) is 0 Å². The summed E-state index contributed by atoms with van der Waals surface area (Å²) in [5.41, 5.74) is 2.99. The maximum atomic E-state index is 11.8. The molecule has 0 saturated carbocycles. The lowest BCUT2D eigenvalue weighted by Gasteiger charge is -2.08. The van der Waals surface area contributed by atoms with E-state index >= 15 is 0 Å². The van der Waals surface area contributed by atoms with Gasteiger partial charge in [0.15, 0.2) is 6.61 Å². The van der Waals surface area contributed by atoms with Crippen molar-refractivity contribution in [1.82, 2.24) is 15.5 Å². The molecule has 3 rings (SSSR count). The summed E-state index contributed by atoms with van der Waals surface area (Å²) in [5, 5.41) is 10.4. The van der Waals surface area contributed by atoms with Crippen molar-refractivity contribution in [3.05, 3.63) is 58.1 Å². The summed E-state index contributed by atoms with van der Waals surface area (Å²) in [5.74, 6) is 0.0211. The van der Waals surface area contributed by atoms with Gasteiger partial charge in [0.25, 0.3) is 5.91 Å². The fourth-order valence-corrected chi connectivity index (χ4v) is 2.98. The van der Waals surface area contributed by atoms with Gasteiger partial charge in [-0.25, -0.2) is 0 Å². The van der Waals surface area contributed by atoms with Crippen molar-refractivity contribution in [3.8, 4) is 11.4 Å². The Morgan fingerprint density at radius 1 is 1.26 bits per heavy atom. The SMILES string of the molecule is Cc1ccccc1CNC(=O)COC(=O)CCc1nc(-c2ccsc2)no1. The van der Waals surface area contributed by atoms with E-state index in [4.69, 9.17) is 9.26 Å². The Balaban J connectivity index is 1.37. The number of thiophene rings is 1. The van der Waals surface area contributed by atoms with Crippen LogP contribution in [0.25, 0.3) is 11.4 Å². The number of benzene rings is 1. The number of aryl methyl sites for hydroxylation is 2. The Kier molecular flexibility index (Phi) is 6.32. The first-order valence-electron chi connectivity index (χ1n) is 8.44. The molecule has 140 valence electrons.